The topological polar surface area (TPSA) is 0 Å². The molecule has 0 saturated carbocycles. The summed E-state index contributed by atoms with van der Waals surface area (Å²) in [4.78, 5) is 0. The van der Waals surface area contributed by atoms with Gasteiger partial charge in [0, 0.05) is 10.9 Å². The van der Waals surface area contributed by atoms with Crippen LogP contribution in [-0.2, 0) is 6.42 Å². The number of halogens is 1. The molecule has 0 saturated heterocycles. The summed E-state index contributed by atoms with van der Waals surface area (Å²) in [5.74, 6) is 1.38. The lowest BCUT2D eigenvalue weighted by Crippen LogP contribution is -1.98. The third-order valence-electron chi connectivity index (χ3n) is 2.65. The summed E-state index contributed by atoms with van der Waals surface area (Å²) in [5.41, 5.74) is 2.60. The molecular formula is C15H14Cl. The standard InChI is InChI=1S/C15H14Cl/c1-12(14-5-3-2-4-6-14)11-13-7-9-15(16)10-8-13/h2-10H,11H2,1H3. The van der Waals surface area contributed by atoms with Gasteiger partial charge in [0.15, 0.2) is 0 Å². The molecule has 81 valence electrons. The summed E-state index contributed by atoms with van der Waals surface area (Å²) in [6.07, 6.45) is 0.973. The lowest BCUT2D eigenvalue weighted by atomic mass is 9.94. The summed E-state index contributed by atoms with van der Waals surface area (Å²) >= 11 is 5.86. The van der Waals surface area contributed by atoms with Crippen LogP contribution in [0.1, 0.15) is 18.1 Å². The Hall–Kier alpha value is -1.27. The van der Waals surface area contributed by atoms with Gasteiger partial charge in [0.25, 0.3) is 0 Å². The molecule has 0 spiro atoms. The Morgan fingerprint density at radius 3 is 2.19 bits per heavy atom. The molecule has 1 heteroatoms. The van der Waals surface area contributed by atoms with Gasteiger partial charge in [-0.05, 0) is 29.7 Å². The molecule has 0 amide bonds. The molecule has 0 atom stereocenters. The van der Waals surface area contributed by atoms with E-state index in [-0.39, 0.29) is 0 Å². The van der Waals surface area contributed by atoms with Crippen molar-refractivity contribution < 1.29 is 0 Å². The predicted molar refractivity (Wildman–Crippen MR) is 69.6 cm³/mol. The normalized spacial score (nSPS) is 10.7. The first-order valence-corrected chi connectivity index (χ1v) is 5.76. The highest BCUT2D eigenvalue weighted by molar-refractivity contribution is 6.30. The van der Waals surface area contributed by atoms with Crippen molar-refractivity contribution >= 4 is 11.6 Å². The van der Waals surface area contributed by atoms with Crippen molar-refractivity contribution in [2.75, 3.05) is 0 Å². The maximum absolute atomic E-state index is 5.86. The van der Waals surface area contributed by atoms with E-state index in [9.17, 15) is 0 Å². The fourth-order valence-corrected chi connectivity index (χ4v) is 1.86. The highest BCUT2D eigenvalue weighted by atomic mass is 35.5. The van der Waals surface area contributed by atoms with Crippen molar-refractivity contribution in [3.05, 3.63) is 76.7 Å². The maximum Gasteiger partial charge on any atom is 0.0406 e. The summed E-state index contributed by atoms with van der Waals surface area (Å²) < 4.78 is 0. The first-order valence-electron chi connectivity index (χ1n) is 5.38. The van der Waals surface area contributed by atoms with Gasteiger partial charge < -0.3 is 0 Å². The van der Waals surface area contributed by atoms with Gasteiger partial charge in [-0.2, -0.15) is 0 Å². The molecule has 0 aliphatic rings. The van der Waals surface area contributed by atoms with Crippen LogP contribution in [0.25, 0.3) is 0 Å². The van der Waals surface area contributed by atoms with Crippen LogP contribution in [0.4, 0.5) is 0 Å². The van der Waals surface area contributed by atoms with Crippen molar-refractivity contribution in [1.82, 2.24) is 0 Å². The minimum atomic E-state index is 0.793. The second kappa shape index (κ2) is 5.18. The van der Waals surface area contributed by atoms with E-state index in [4.69, 9.17) is 11.6 Å². The van der Waals surface area contributed by atoms with Gasteiger partial charge >= 0.3 is 0 Å². The fourth-order valence-electron chi connectivity index (χ4n) is 1.73. The summed E-state index contributed by atoms with van der Waals surface area (Å²) in [6, 6.07) is 18.5. The van der Waals surface area contributed by atoms with Gasteiger partial charge in [-0.1, -0.05) is 61.0 Å². The molecule has 1 radical (unpaired) electrons. The van der Waals surface area contributed by atoms with E-state index in [0.29, 0.717) is 0 Å². The first kappa shape index (κ1) is 11.2. The Kier molecular flexibility index (Phi) is 3.63. The van der Waals surface area contributed by atoms with Gasteiger partial charge in [-0.15, -0.1) is 0 Å². The summed E-state index contributed by atoms with van der Waals surface area (Å²) in [6.45, 7) is 2.17. The molecule has 0 aliphatic carbocycles. The fraction of sp³-hybridized carbons (Fsp3) is 0.133. The van der Waals surface area contributed by atoms with Crippen LogP contribution in [0.2, 0.25) is 5.02 Å². The van der Waals surface area contributed by atoms with Gasteiger partial charge in [0.05, 0.1) is 0 Å². The average Bonchev–Trinajstić information content (AvgIpc) is 2.33. The predicted octanol–water partition coefficient (Wildman–Crippen LogP) is 4.53. The van der Waals surface area contributed by atoms with Gasteiger partial charge in [-0.25, -0.2) is 0 Å². The van der Waals surface area contributed by atoms with Crippen LogP contribution >= 0.6 is 11.6 Å². The van der Waals surface area contributed by atoms with E-state index in [1.807, 2.05) is 18.2 Å². The maximum atomic E-state index is 5.86. The zero-order valence-electron chi connectivity index (χ0n) is 9.28. The molecular weight excluding hydrogens is 216 g/mol. The number of hydrogen-bond donors (Lipinski definition) is 0. The van der Waals surface area contributed by atoms with Crippen molar-refractivity contribution in [3.8, 4) is 0 Å². The Morgan fingerprint density at radius 2 is 1.56 bits per heavy atom. The highest BCUT2D eigenvalue weighted by Crippen LogP contribution is 2.20. The molecule has 2 aromatic carbocycles. The van der Waals surface area contributed by atoms with Crippen LogP contribution in [-0.4, -0.2) is 0 Å². The molecule has 0 fully saturated rings. The van der Waals surface area contributed by atoms with Crippen LogP contribution in [0.15, 0.2) is 54.6 Å². The van der Waals surface area contributed by atoms with E-state index in [1.165, 1.54) is 17.0 Å². The molecule has 0 unspecified atom stereocenters. The van der Waals surface area contributed by atoms with Crippen LogP contribution < -0.4 is 0 Å². The Balaban J connectivity index is 2.08. The van der Waals surface area contributed by atoms with Gasteiger partial charge in [-0.3, -0.25) is 0 Å². The number of benzene rings is 2. The molecule has 0 aromatic heterocycles. The summed E-state index contributed by atoms with van der Waals surface area (Å²) in [7, 11) is 0. The second-order valence-corrected chi connectivity index (χ2v) is 4.39. The molecule has 0 bridgehead atoms. The van der Waals surface area contributed by atoms with Crippen molar-refractivity contribution in [3.63, 3.8) is 0 Å². The molecule has 0 heterocycles. The highest BCUT2D eigenvalue weighted by Gasteiger charge is 2.06. The van der Waals surface area contributed by atoms with E-state index < -0.39 is 0 Å². The largest absolute Gasteiger partial charge is 0.0843 e. The molecule has 0 N–H and O–H groups in total. The van der Waals surface area contributed by atoms with E-state index in [2.05, 4.69) is 43.3 Å². The molecule has 0 nitrogen and oxygen atoms in total. The quantitative estimate of drug-likeness (QED) is 0.726. The zero-order chi connectivity index (χ0) is 11.4. The number of rotatable bonds is 3. The monoisotopic (exact) mass is 229 g/mol. The van der Waals surface area contributed by atoms with E-state index in [0.717, 1.165) is 11.4 Å². The molecule has 2 aromatic rings. The summed E-state index contributed by atoms with van der Waals surface area (Å²) in [5, 5.41) is 0.793. The average molecular weight is 230 g/mol. The Bertz CT molecular complexity index is 431. The Labute approximate surface area is 102 Å². The minimum Gasteiger partial charge on any atom is -0.0843 e. The zero-order valence-corrected chi connectivity index (χ0v) is 10.0. The van der Waals surface area contributed by atoms with Crippen LogP contribution in [0.3, 0.4) is 0 Å². The second-order valence-electron chi connectivity index (χ2n) is 3.95. The minimum absolute atomic E-state index is 0.793. The third kappa shape index (κ3) is 2.86. The number of hydrogen-bond acceptors (Lipinski definition) is 0. The van der Waals surface area contributed by atoms with Crippen molar-refractivity contribution in [2.24, 2.45) is 0 Å². The van der Waals surface area contributed by atoms with Gasteiger partial charge in [0.1, 0.15) is 0 Å². The molecule has 16 heavy (non-hydrogen) atoms. The molecule has 2 rings (SSSR count). The SMILES string of the molecule is C[C](Cc1ccc(Cl)cc1)c1ccccc1. The smallest absolute Gasteiger partial charge is 0.0406 e. The Morgan fingerprint density at radius 1 is 0.938 bits per heavy atom. The van der Waals surface area contributed by atoms with Gasteiger partial charge in [0.2, 0.25) is 0 Å². The lowest BCUT2D eigenvalue weighted by molar-refractivity contribution is 0.993. The van der Waals surface area contributed by atoms with Crippen LogP contribution in [0, 0.1) is 5.92 Å². The van der Waals surface area contributed by atoms with E-state index in [1.54, 1.807) is 0 Å². The molecule has 0 aliphatic heterocycles. The van der Waals surface area contributed by atoms with Crippen molar-refractivity contribution in [2.45, 2.75) is 13.3 Å². The van der Waals surface area contributed by atoms with Crippen LogP contribution in [0.5, 0.6) is 0 Å². The lowest BCUT2D eigenvalue weighted by Gasteiger charge is -2.11. The first-order chi connectivity index (χ1) is 7.75. The van der Waals surface area contributed by atoms with E-state index >= 15 is 0 Å². The van der Waals surface area contributed by atoms with Crippen molar-refractivity contribution in [1.29, 1.82) is 0 Å². The third-order valence-corrected chi connectivity index (χ3v) is 2.90.